The first-order valence-electron chi connectivity index (χ1n) is 34.6. The fourth-order valence-corrected chi connectivity index (χ4v) is 11.5. The molecule has 85 heavy (non-hydrogen) atoms. The molecule has 17 nitrogen and oxygen atoms in total. The topological polar surface area (TPSA) is 237 Å². The maximum atomic E-state index is 13.0. The zero-order valence-corrected chi connectivity index (χ0v) is 56.5. The van der Waals surface area contributed by atoms with E-state index in [4.69, 9.17) is 37.0 Å². The van der Waals surface area contributed by atoms with Gasteiger partial charge in [0, 0.05) is 25.7 Å². The molecule has 0 radical (unpaired) electrons. The predicted octanol–water partition coefficient (Wildman–Crippen LogP) is 18.6. The lowest BCUT2D eigenvalue weighted by Gasteiger charge is -2.21. The highest BCUT2D eigenvalue weighted by atomic mass is 31.2. The number of unbranched alkanes of at least 4 members (excludes halogenated alkanes) is 38. The van der Waals surface area contributed by atoms with E-state index in [2.05, 4.69) is 34.6 Å². The summed E-state index contributed by atoms with van der Waals surface area (Å²) in [4.78, 5) is 71.9. The molecular weight excluding hydrogens is 1130 g/mol. The van der Waals surface area contributed by atoms with Crippen LogP contribution in [0.5, 0.6) is 0 Å². The number of rotatable bonds is 66. The van der Waals surface area contributed by atoms with Gasteiger partial charge in [-0.05, 0) is 31.6 Å². The molecule has 0 aromatic rings. The number of carbonyl (C=O) groups excluding carboxylic acids is 4. The lowest BCUT2D eigenvalue weighted by molar-refractivity contribution is -0.161. The molecule has 5 atom stereocenters. The molecular formula is C66H128O17P2. The van der Waals surface area contributed by atoms with Crippen molar-refractivity contribution in [2.45, 2.75) is 355 Å². The number of phosphoric acid groups is 2. The summed E-state index contributed by atoms with van der Waals surface area (Å²) < 4.78 is 67.7. The Labute approximate surface area is 517 Å². The van der Waals surface area contributed by atoms with Crippen LogP contribution in [0.25, 0.3) is 0 Å². The zero-order valence-electron chi connectivity index (χ0n) is 54.7. The molecule has 0 amide bonds. The summed E-state index contributed by atoms with van der Waals surface area (Å²) in [5.74, 6) is -1.40. The summed E-state index contributed by atoms with van der Waals surface area (Å²) in [6.07, 6.45) is 45.2. The first-order valence-corrected chi connectivity index (χ1v) is 37.6. The van der Waals surface area contributed by atoms with Gasteiger partial charge in [-0.1, -0.05) is 285 Å². The molecule has 0 saturated carbocycles. The molecule has 0 aromatic carbocycles. The molecule has 3 N–H and O–H groups in total. The van der Waals surface area contributed by atoms with Gasteiger partial charge in [-0.2, -0.15) is 0 Å². The van der Waals surface area contributed by atoms with Crippen molar-refractivity contribution in [2.75, 3.05) is 39.6 Å². The second kappa shape index (κ2) is 59.7. The molecule has 0 spiro atoms. The average Bonchev–Trinajstić information content (AvgIpc) is 3.51. The Balaban J connectivity index is 5.07. The second-order valence-electron chi connectivity index (χ2n) is 24.3. The molecule has 0 heterocycles. The standard InChI is InChI=1S/C66H128O17P2/c1-6-9-12-15-17-18-19-20-21-22-23-24-25-26-27-28-29-32-37-42-47-52-66(71)83-62(56-77-64(69)50-45-40-36-33-30-31-35-39-43-48-59(4)5)58-81-85(74,75)79-54-60(67)53-78-84(72,73)80-57-61(55-76-63(68)49-44-38-14-11-8-3)82-65(70)51-46-41-34-16-13-10-7-2/h59-62,67H,6-58H2,1-5H3,(H,72,73)(H,74,75)/t60-,61+,62+/m0/s1. The van der Waals surface area contributed by atoms with E-state index in [0.29, 0.717) is 25.7 Å². The number of carbonyl (C=O) groups is 4. The van der Waals surface area contributed by atoms with Crippen LogP contribution in [0.2, 0.25) is 0 Å². The third kappa shape index (κ3) is 60.7. The van der Waals surface area contributed by atoms with Crippen LogP contribution in [-0.4, -0.2) is 96.7 Å². The minimum Gasteiger partial charge on any atom is -0.462 e. The van der Waals surface area contributed by atoms with Crippen LogP contribution < -0.4 is 0 Å². The Hall–Kier alpha value is -1.94. The third-order valence-electron chi connectivity index (χ3n) is 15.3. The molecule has 19 heteroatoms. The first-order chi connectivity index (χ1) is 41.0. The summed E-state index contributed by atoms with van der Waals surface area (Å²) in [6, 6.07) is 0. The van der Waals surface area contributed by atoms with Crippen LogP contribution in [-0.2, 0) is 65.4 Å². The number of hydrogen-bond acceptors (Lipinski definition) is 15. The van der Waals surface area contributed by atoms with Crippen molar-refractivity contribution in [2.24, 2.45) is 5.92 Å². The van der Waals surface area contributed by atoms with Crippen molar-refractivity contribution in [3.63, 3.8) is 0 Å². The minimum atomic E-state index is -4.94. The van der Waals surface area contributed by atoms with Crippen LogP contribution in [0.1, 0.15) is 336 Å². The van der Waals surface area contributed by atoms with E-state index in [9.17, 15) is 43.2 Å². The fraction of sp³-hybridized carbons (Fsp3) is 0.939. The van der Waals surface area contributed by atoms with Gasteiger partial charge in [0.1, 0.15) is 19.3 Å². The Morgan fingerprint density at radius 2 is 0.541 bits per heavy atom. The molecule has 504 valence electrons. The van der Waals surface area contributed by atoms with Crippen molar-refractivity contribution in [1.29, 1.82) is 0 Å². The number of aliphatic hydroxyl groups excluding tert-OH is 1. The maximum absolute atomic E-state index is 13.0. The summed E-state index contributed by atoms with van der Waals surface area (Å²) >= 11 is 0. The van der Waals surface area contributed by atoms with Crippen LogP contribution in [0.4, 0.5) is 0 Å². The Morgan fingerprint density at radius 3 is 0.800 bits per heavy atom. The molecule has 0 aromatic heterocycles. The molecule has 0 aliphatic heterocycles. The lowest BCUT2D eigenvalue weighted by Crippen LogP contribution is -2.30. The van der Waals surface area contributed by atoms with Crippen LogP contribution in [0, 0.1) is 5.92 Å². The van der Waals surface area contributed by atoms with E-state index >= 15 is 0 Å². The van der Waals surface area contributed by atoms with E-state index in [1.54, 1.807) is 0 Å². The molecule has 0 saturated heterocycles. The largest absolute Gasteiger partial charge is 0.472 e. The number of esters is 4. The van der Waals surface area contributed by atoms with Crippen molar-refractivity contribution in [3.8, 4) is 0 Å². The summed E-state index contributed by atoms with van der Waals surface area (Å²) in [5.41, 5.74) is 0. The van der Waals surface area contributed by atoms with Crippen molar-refractivity contribution < 1.29 is 80.2 Å². The maximum Gasteiger partial charge on any atom is 0.472 e. The van der Waals surface area contributed by atoms with Gasteiger partial charge in [0.2, 0.25) is 0 Å². The van der Waals surface area contributed by atoms with Crippen LogP contribution in [0.3, 0.4) is 0 Å². The van der Waals surface area contributed by atoms with Crippen molar-refractivity contribution in [3.05, 3.63) is 0 Å². The van der Waals surface area contributed by atoms with Gasteiger partial charge in [-0.15, -0.1) is 0 Å². The summed E-state index contributed by atoms with van der Waals surface area (Å²) in [5, 5.41) is 10.5. The summed E-state index contributed by atoms with van der Waals surface area (Å²) in [7, 11) is -9.87. The third-order valence-corrected chi connectivity index (χ3v) is 17.2. The molecule has 0 bridgehead atoms. The monoisotopic (exact) mass is 1250 g/mol. The SMILES string of the molecule is CCCCCCCCCCCCCCCCCCCCCCCC(=O)O[C@H](COC(=O)CCCCCCCCCCCC(C)C)COP(=O)(O)OC[C@@H](O)COP(=O)(O)OC[C@@H](COC(=O)CCCCCCC)OC(=O)CCCCCCCCC. The Bertz CT molecular complexity index is 1650. The van der Waals surface area contributed by atoms with Crippen molar-refractivity contribution >= 4 is 39.5 Å². The molecule has 0 aliphatic carbocycles. The summed E-state index contributed by atoms with van der Waals surface area (Å²) in [6.45, 7) is 7.05. The number of hydrogen-bond donors (Lipinski definition) is 3. The van der Waals surface area contributed by atoms with Gasteiger partial charge in [-0.25, -0.2) is 9.13 Å². The number of aliphatic hydroxyl groups is 1. The average molecular weight is 1260 g/mol. The smallest absolute Gasteiger partial charge is 0.462 e. The number of phosphoric ester groups is 2. The van der Waals surface area contributed by atoms with Gasteiger partial charge < -0.3 is 33.8 Å². The van der Waals surface area contributed by atoms with E-state index in [-0.39, 0.29) is 25.7 Å². The van der Waals surface area contributed by atoms with E-state index < -0.39 is 97.5 Å². The van der Waals surface area contributed by atoms with Gasteiger partial charge in [-0.3, -0.25) is 37.3 Å². The second-order valence-corrected chi connectivity index (χ2v) is 27.2. The predicted molar refractivity (Wildman–Crippen MR) is 340 cm³/mol. The Kier molecular flexibility index (Phi) is 58.3. The van der Waals surface area contributed by atoms with Gasteiger partial charge >= 0.3 is 39.5 Å². The quantitative estimate of drug-likeness (QED) is 0.0222. The zero-order chi connectivity index (χ0) is 62.8. The van der Waals surface area contributed by atoms with Gasteiger partial charge in [0.05, 0.1) is 26.4 Å². The molecule has 0 rings (SSSR count). The highest BCUT2D eigenvalue weighted by molar-refractivity contribution is 7.47. The van der Waals surface area contributed by atoms with Crippen LogP contribution in [0.15, 0.2) is 0 Å². The molecule has 2 unspecified atom stereocenters. The highest BCUT2D eigenvalue weighted by Gasteiger charge is 2.30. The molecule has 0 aliphatic rings. The minimum absolute atomic E-state index is 0.103. The number of ether oxygens (including phenoxy) is 4. The first kappa shape index (κ1) is 83.1. The van der Waals surface area contributed by atoms with E-state index in [0.717, 1.165) is 115 Å². The van der Waals surface area contributed by atoms with Crippen LogP contribution >= 0.6 is 15.6 Å². The van der Waals surface area contributed by atoms with Gasteiger partial charge in [0.25, 0.3) is 0 Å². The lowest BCUT2D eigenvalue weighted by atomic mass is 10.0. The van der Waals surface area contributed by atoms with E-state index in [1.165, 1.54) is 141 Å². The Morgan fingerprint density at radius 1 is 0.318 bits per heavy atom. The van der Waals surface area contributed by atoms with Gasteiger partial charge in [0.15, 0.2) is 12.2 Å². The molecule has 0 fully saturated rings. The normalized spacial score (nSPS) is 14.2. The highest BCUT2D eigenvalue weighted by Crippen LogP contribution is 2.45. The van der Waals surface area contributed by atoms with Crippen molar-refractivity contribution in [1.82, 2.24) is 0 Å². The van der Waals surface area contributed by atoms with E-state index in [1.807, 2.05) is 0 Å². The fourth-order valence-electron chi connectivity index (χ4n) is 9.94.